The highest BCUT2D eigenvalue weighted by Crippen LogP contribution is 2.26. The number of unbranched alkanes of at least 4 members (excludes halogenated alkanes) is 1. The van der Waals surface area contributed by atoms with Crippen LogP contribution in [0.15, 0.2) is 54.6 Å². The second-order valence-corrected chi connectivity index (χ2v) is 15.9. The number of esters is 1. The van der Waals surface area contributed by atoms with Crippen molar-refractivity contribution in [3.8, 4) is 5.75 Å². The van der Waals surface area contributed by atoms with Crippen molar-refractivity contribution in [2.75, 3.05) is 18.6 Å². The van der Waals surface area contributed by atoms with Crippen molar-refractivity contribution in [2.24, 2.45) is 5.73 Å². The lowest BCUT2D eigenvalue weighted by molar-refractivity contribution is -0.161. The quantitative estimate of drug-likeness (QED) is 0.0751. The Morgan fingerprint density at radius 3 is 2.06 bits per heavy atom. The van der Waals surface area contributed by atoms with E-state index in [4.69, 9.17) is 10.5 Å². The van der Waals surface area contributed by atoms with Crippen LogP contribution >= 0.6 is 11.8 Å². The molecule has 2 aromatic rings. The zero-order chi connectivity index (χ0) is 39.1. The minimum absolute atomic E-state index is 0.0608. The zero-order valence-electron chi connectivity index (χ0n) is 30.1. The van der Waals surface area contributed by atoms with E-state index in [-0.39, 0.29) is 31.4 Å². The Balaban J connectivity index is 2.25. The van der Waals surface area contributed by atoms with Gasteiger partial charge in [-0.05, 0) is 81.7 Å². The predicted octanol–water partition coefficient (Wildman–Crippen LogP) is 1.58. The molecule has 4 amide bonds. The number of nitrogens with one attached hydrogen (secondary N) is 4. The van der Waals surface area contributed by atoms with Gasteiger partial charge in [0.2, 0.25) is 23.6 Å². The van der Waals surface area contributed by atoms with E-state index >= 15 is 0 Å². The molecule has 15 nitrogen and oxygen atoms in total. The highest BCUT2D eigenvalue weighted by Gasteiger charge is 2.54. The number of phenols is 1. The molecule has 288 valence electrons. The summed E-state index contributed by atoms with van der Waals surface area (Å²) in [6, 6.07) is 11.1. The van der Waals surface area contributed by atoms with Crippen LogP contribution in [0, 0.1) is 0 Å². The molecule has 2 rings (SSSR count). The average molecular weight is 766 g/mol. The lowest BCUT2D eigenvalue weighted by Gasteiger charge is -2.33. The van der Waals surface area contributed by atoms with E-state index < -0.39 is 81.3 Å². The van der Waals surface area contributed by atoms with Crippen LogP contribution in [0.4, 0.5) is 0 Å². The minimum Gasteiger partial charge on any atom is -0.508 e. The normalized spacial score (nSPS) is 14.5. The molecule has 0 saturated carbocycles. The van der Waals surface area contributed by atoms with Crippen LogP contribution in [-0.2, 0) is 51.7 Å². The number of nitrogens with two attached hydrogens (primary N) is 1. The van der Waals surface area contributed by atoms with Gasteiger partial charge in [0.1, 0.15) is 23.4 Å². The van der Waals surface area contributed by atoms with Gasteiger partial charge in [-0.1, -0.05) is 55.8 Å². The van der Waals surface area contributed by atoms with Crippen LogP contribution < -0.4 is 27.0 Å². The smallest absolute Gasteiger partial charge is 0.351 e. The van der Waals surface area contributed by atoms with Gasteiger partial charge in [-0.15, -0.1) is 0 Å². The van der Waals surface area contributed by atoms with E-state index in [0.717, 1.165) is 0 Å². The molecule has 52 heavy (non-hydrogen) atoms. The van der Waals surface area contributed by atoms with Crippen LogP contribution in [-0.4, -0.2) is 94.8 Å². The number of phenolic OH excluding ortho intramolecular Hbond substituents is 1. The summed E-state index contributed by atoms with van der Waals surface area (Å²) in [5.41, 5.74) is 6.17. The third-order valence-corrected chi connectivity index (χ3v) is 9.70. The highest BCUT2D eigenvalue weighted by atomic mass is 32.2. The summed E-state index contributed by atoms with van der Waals surface area (Å²) in [4.78, 5) is 63.6. The van der Waals surface area contributed by atoms with Gasteiger partial charge in [0.25, 0.3) is 4.87 Å². The number of carbonyl (C=O) groups is 5. The van der Waals surface area contributed by atoms with Crippen LogP contribution in [0.3, 0.4) is 0 Å². The van der Waals surface area contributed by atoms with E-state index in [1.807, 2.05) is 6.26 Å². The first kappa shape index (κ1) is 44.0. The average Bonchev–Trinajstić information content (AvgIpc) is 3.06. The van der Waals surface area contributed by atoms with Gasteiger partial charge in [-0.25, -0.2) is 4.79 Å². The monoisotopic (exact) mass is 765 g/mol. The first-order chi connectivity index (χ1) is 24.3. The Hall–Kier alpha value is -4.19. The van der Waals surface area contributed by atoms with Gasteiger partial charge in [0.15, 0.2) is 0 Å². The fraction of sp³-hybridized carbons (Fsp3) is 0.514. The summed E-state index contributed by atoms with van der Waals surface area (Å²) in [6.45, 7) is 5.58. The summed E-state index contributed by atoms with van der Waals surface area (Å²) in [5.74, 6) is -4.07. The van der Waals surface area contributed by atoms with E-state index in [1.54, 1.807) is 49.4 Å². The van der Waals surface area contributed by atoms with E-state index in [0.29, 0.717) is 23.3 Å². The molecular weight excluding hydrogens is 715 g/mol. The summed E-state index contributed by atoms with van der Waals surface area (Å²) in [7, 11) is -5.31. The van der Waals surface area contributed by atoms with Crippen LogP contribution in [0.2, 0.25) is 0 Å². The number of amides is 4. The predicted molar refractivity (Wildman–Crippen MR) is 198 cm³/mol. The second kappa shape index (κ2) is 20.2. The molecule has 2 aromatic carbocycles. The largest absolute Gasteiger partial charge is 0.508 e. The number of rotatable bonds is 20. The number of aromatic hydroxyl groups is 1. The third-order valence-electron chi connectivity index (χ3n) is 7.71. The Kier molecular flexibility index (Phi) is 17.0. The van der Waals surface area contributed by atoms with Gasteiger partial charge >= 0.3 is 16.1 Å². The van der Waals surface area contributed by atoms with Crippen molar-refractivity contribution in [3.63, 3.8) is 0 Å². The molecule has 1 unspecified atom stereocenters. The SMILES string of the molecule is CCCCC(NC(=O)[C@H](Cc1ccccc1)NC(=O)CNC(=O)[C@@H](CCSC)NC(=O)[C@@H](N)Cc1ccc(O)cc1)(C(=O)OC(C)(C)C)S(=O)(=O)O. The first-order valence-electron chi connectivity index (χ1n) is 16.8. The molecule has 8 N–H and O–H groups in total. The van der Waals surface area contributed by atoms with E-state index in [2.05, 4.69) is 21.3 Å². The Labute approximate surface area is 309 Å². The Bertz CT molecular complexity index is 1620. The van der Waals surface area contributed by atoms with E-state index in [9.17, 15) is 42.0 Å². The van der Waals surface area contributed by atoms with Crippen molar-refractivity contribution in [2.45, 2.75) is 94.8 Å². The molecule has 0 spiro atoms. The van der Waals surface area contributed by atoms with Gasteiger partial charge in [-0.3, -0.25) is 23.7 Å². The summed E-state index contributed by atoms with van der Waals surface area (Å²) in [5, 5.41) is 19.2. The third kappa shape index (κ3) is 14.1. The molecule has 17 heteroatoms. The molecule has 0 radical (unpaired) electrons. The van der Waals surface area contributed by atoms with Crippen LogP contribution in [0.5, 0.6) is 5.75 Å². The van der Waals surface area contributed by atoms with Crippen LogP contribution in [0.25, 0.3) is 0 Å². The molecule has 0 bridgehead atoms. The fourth-order valence-electron chi connectivity index (χ4n) is 4.94. The first-order valence-corrected chi connectivity index (χ1v) is 19.6. The highest BCUT2D eigenvalue weighted by molar-refractivity contribution is 7.98. The number of hydrogen-bond acceptors (Lipinski definition) is 11. The summed E-state index contributed by atoms with van der Waals surface area (Å²) >= 11 is 1.44. The maximum atomic E-state index is 13.8. The number of hydrogen-bond donors (Lipinski definition) is 7. The van der Waals surface area contributed by atoms with Gasteiger partial charge in [-0.2, -0.15) is 20.2 Å². The Morgan fingerprint density at radius 1 is 0.885 bits per heavy atom. The molecule has 0 saturated heterocycles. The molecule has 0 aliphatic heterocycles. The maximum Gasteiger partial charge on any atom is 0.351 e. The van der Waals surface area contributed by atoms with Crippen molar-refractivity contribution in [1.82, 2.24) is 21.3 Å². The van der Waals surface area contributed by atoms with Crippen molar-refractivity contribution in [3.05, 3.63) is 65.7 Å². The Morgan fingerprint density at radius 2 is 1.50 bits per heavy atom. The summed E-state index contributed by atoms with van der Waals surface area (Å²) in [6.07, 6.45) is 2.03. The molecule has 0 fully saturated rings. The number of benzene rings is 2. The second-order valence-electron chi connectivity index (χ2n) is 13.2. The molecule has 0 aromatic heterocycles. The number of ether oxygens (including phenoxy) is 1. The minimum atomic E-state index is -5.31. The maximum absolute atomic E-state index is 13.8. The van der Waals surface area contributed by atoms with Gasteiger partial charge < -0.3 is 36.8 Å². The van der Waals surface area contributed by atoms with Crippen molar-refractivity contribution >= 4 is 51.5 Å². The van der Waals surface area contributed by atoms with Crippen molar-refractivity contribution in [1.29, 1.82) is 0 Å². The lowest BCUT2D eigenvalue weighted by atomic mass is 10.0. The van der Waals surface area contributed by atoms with Gasteiger partial charge in [0.05, 0.1) is 12.6 Å². The molecular formula is C35H51N5O10S2. The topological polar surface area (TPSA) is 243 Å². The lowest BCUT2D eigenvalue weighted by Crippen LogP contribution is -2.64. The summed E-state index contributed by atoms with van der Waals surface area (Å²) < 4.78 is 41.3. The molecule has 0 aliphatic carbocycles. The molecule has 4 atom stereocenters. The molecule has 0 aliphatic rings. The molecule has 0 heterocycles. The van der Waals surface area contributed by atoms with Gasteiger partial charge in [0, 0.05) is 6.42 Å². The van der Waals surface area contributed by atoms with Crippen molar-refractivity contribution < 1.29 is 46.8 Å². The number of thioether (sulfide) groups is 1. The van der Waals surface area contributed by atoms with E-state index in [1.165, 1.54) is 44.7 Å². The standard InChI is InChI=1S/C35H51N5O10S2/c1-6-7-18-35(52(47,48)49,33(46)50-34(2,3)4)40-32(45)28(21-23-11-9-8-10-12-23)38-29(42)22-37-31(44)27(17-19-51-5)39-30(43)26(36)20-24-13-15-25(41)16-14-24/h8-16,26-28,41H,6-7,17-22,36H2,1-5H3,(H,37,44)(H,38,42)(H,39,43)(H,40,45)(H,47,48,49)/t26-,27+,28-,35?/m0/s1. The fourth-order valence-corrected chi connectivity index (χ4v) is 6.30. The number of carbonyl (C=O) groups excluding carboxylic acids is 5. The van der Waals surface area contributed by atoms with Crippen LogP contribution in [0.1, 0.15) is 64.5 Å². The zero-order valence-corrected chi connectivity index (χ0v) is 31.8.